The van der Waals surface area contributed by atoms with Crippen LogP contribution >= 0.6 is 0 Å². The van der Waals surface area contributed by atoms with E-state index in [1.807, 2.05) is 78.9 Å². The van der Waals surface area contributed by atoms with Gasteiger partial charge < -0.3 is 35.0 Å². The number of aromatic nitrogens is 2. The molecule has 56 heavy (non-hydrogen) atoms. The third-order valence-electron chi connectivity index (χ3n) is 10.6. The minimum Gasteiger partial charge on any atom is -0.467 e. The summed E-state index contributed by atoms with van der Waals surface area (Å²) in [6, 6.07) is 20.8. The van der Waals surface area contributed by atoms with Gasteiger partial charge in [0, 0.05) is 59.5 Å². The molecule has 0 aliphatic carbocycles. The van der Waals surface area contributed by atoms with Crippen LogP contribution in [-0.4, -0.2) is 93.0 Å². The summed E-state index contributed by atoms with van der Waals surface area (Å²) in [4.78, 5) is 79.3. The summed E-state index contributed by atoms with van der Waals surface area (Å²) in [5, 5.41) is 7.67. The summed E-state index contributed by atoms with van der Waals surface area (Å²) in [6.07, 6.45) is 2.66. The van der Waals surface area contributed by atoms with Gasteiger partial charge in [0.1, 0.15) is 29.8 Å². The number of H-pyrrole nitrogens is 2. The summed E-state index contributed by atoms with van der Waals surface area (Å²) in [6.45, 7) is 5.77. The summed E-state index contributed by atoms with van der Waals surface area (Å²) in [7, 11) is 1.27. The van der Waals surface area contributed by atoms with Crippen LogP contribution in [0.1, 0.15) is 56.0 Å². The molecule has 13 nitrogen and oxygen atoms in total. The normalized spacial score (nSPS) is 17.9. The van der Waals surface area contributed by atoms with Gasteiger partial charge in [0.25, 0.3) is 0 Å². The average molecular weight is 761 g/mol. The second-order valence-corrected chi connectivity index (χ2v) is 15.5. The molecule has 0 spiro atoms. The Balaban J connectivity index is 1.12. The number of nitrogens with zero attached hydrogens (tertiary/aromatic N) is 2. The minimum atomic E-state index is -1.08. The fraction of sp³-hybridized carbons (Fsp3) is 0.372. The number of methoxy groups -OCH3 is 1. The molecule has 4 heterocycles. The van der Waals surface area contributed by atoms with Crippen LogP contribution < -0.4 is 10.6 Å². The zero-order valence-electron chi connectivity index (χ0n) is 32.1. The highest BCUT2D eigenvalue weighted by molar-refractivity contribution is 5.96. The Morgan fingerprint density at radius 2 is 1.52 bits per heavy atom. The van der Waals surface area contributed by atoms with Gasteiger partial charge in [-0.05, 0) is 62.4 Å². The zero-order valence-corrected chi connectivity index (χ0v) is 32.1. The molecule has 2 aliphatic heterocycles. The van der Waals surface area contributed by atoms with Crippen LogP contribution in [0.4, 0.5) is 4.79 Å². The van der Waals surface area contributed by atoms with Gasteiger partial charge in [-0.1, -0.05) is 66.7 Å². The molecule has 7 rings (SSSR count). The fourth-order valence-corrected chi connectivity index (χ4v) is 7.89. The van der Waals surface area contributed by atoms with Gasteiger partial charge in [0.15, 0.2) is 0 Å². The molecule has 5 aromatic rings. The summed E-state index contributed by atoms with van der Waals surface area (Å²) in [5.74, 6) is -2.05. The number of ether oxygens (including phenoxy) is 2. The number of nitrogens with one attached hydrogen (secondary N) is 4. The molecule has 0 radical (unpaired) electrons. The van der Waals surface area contributed by atoms with Gasteiger partial charge >= 0.3 is 12.1 Å². The Morgan fingerprint density at radius 1 is 0.821 bits per heavy atom. The van der Waals surface area contributed by atoms with Crippen molar-refractivity contribution in [3.8, 4) is 0 Å². The molecule has 1 fully saturated rings. The van der Waals surface area contributed by atoms with Crippen LogP contribution in [0, 0.1) is 0 Å². The first-order chi connectivity index (χ1) is 26.9. The fourth-order valence-electron chi connectivity index (χ4n) is 7.89. The highest BCUT2D eigenvalue weighted by atomic mass is 16.6. The van der Waals surface area contributed by atoms with E-state index in [2.05, 4.69) is 20.6 Å². The number of aromatic amines is 2. The van der Waals surface area contributed by atoms with E-state index in [-0.39, 0.29) is 31.7 Å². The number of likely N-dealkylation sites (tertiary alicyclic amines) is 1. The summed E-state index contributed by atoms with van der Waals surface area (Å²) < 4.78 is 10.9. The van der Waals surface area contributed by atoms with Crippen LogP contribution in [0.25, 0.3) is 21.8 Å². The number of hydrogen-bond acceptors (Lipinski definition) is 7. The lowest BCUT2D eigenvalue weighted by Crippen LogP contribution is -2.59. The number of rotatable bonds is 10. The van der Waals surface area contributed by atoms with Crippen molar-refractivity contribution in [2.45, 2.75) is 89.2 Å². The molecule has 2 aliphatic rings. The van der Waals surface area contributed by atoms with Crippen LogP contribution in [0.3, 0.4) is 0 Å². The number of hydrogen-bond donors (Lipinski definition) is 4. The Labute approximate surface area is 325 Å². The highest BCUT2D eigenvalue weighted by Gasteiger charge is 2.44. The lowest BCUT2D eigenvalue weighted by atomic mass is 9.95. The Morgan fingerprint density at radius 3 is 2.25 bits per heavy atom. The molecule has 0 saturated carbocycles. The van der Waals surface area contributed by atoms with Gasteiger partial charge in [-0.25, -0.2) is 9.59 Å². The Bertz CT molecular complexity index is 2260. The molecule has 2 aromatic heterocycles. The van der Waals surface area contributed by atoms with Crippen molar-refractivity contribution in [3.63, 3.8) is 0 Å². The van der Waals surface area contributed by atoms with E-state index in [0.717, 1.165) is 44.2 Å². The molecule has 4 N–H and O–H groups in total. The maximum Gasteiger partial charge on any atom is 0.411 e. The maximum absolute atomic E-state index is 14.6. The smallest absolute Gasteiger partial charge is 0.411 e. The van der Waals surface area contributed by atoms with Crippen molar-refractivity contribution < 1.29 is 33.4 Å². The molecule has 0 unspecified atom stereocenters. The SMILES string of the molecule is COC(=O)[C@H](Cc1c[nH]c2ccccc12)NC(=O)[C@H](Cc1ccccc1)NC(=O)[C@@H]1CCCN1C(=O)[C@@H]1Cc2c([nH]c3ccccc23)CN1C(=O)OC(C)(C)C. The van der Waals surface area contributed by atoms with Gasteiger partial charge in [0.05, 0.1) is 13.7 Å². The van der Waals surface area contributed by atoms with E-state index in [1.54, 1.807) is 27.0 Å². The van der Waals surface area contributed by atoms with Crippen molar-refractivity contribution in [3.05, 3.63) is 107 Å². The predicted octanol–water partition coefficient (Wildman–Crippen LogP) is 4.93. The molecule has 13 heteroatoms. The third-order valence-corrected chi connectivity index (χ3v) is 10.6. The van der Waals surface area contributed by atoms with Crippen molar-refractivity contribution in [1.82, 2.24) is 30.4 Å². The number of fused-ring (bicyclic) bond motifs is 4. The predicted molar refractivity (Wildman–Crippen MR) is 210 cm³/mol. The first-order valence-corrected chi connectivity index (χ1v) is 19.1. The lowest BCUT2D eigenvalue weighted by Gasteiger charge is -2.38. The zero-order chi connectivity index (χ0) is 39.6. The van der Waals surface area contributed by atoms with E-state index in [9.17, 15) is 24.0 Å². The molecule has 292 valence electrons. The average Bonchev–Trinajstić information content (AvgIpc) is 3.93. The first-order valence-electron chi connectivity index (χ1n) is 19.1. The van der Waals surface area contributed by atoms with Crippen LogP contribution in [0.2, 0.25) is 0 Å². The Kier molecular flexibility index (Phi) is 10.9. The van der Waals surface area contributed by atoms with Crippen molar-refractivity contribution >= 4 is 51.6 Å². The first kappa shape index (κ1) is 38.2. The second-order valence-electron chi connectivity index (χ2n) is 15.5. The number of esters is 1. The molecule has 3 aromatic carbocycles. The molecule has 4 amide bonds. The van der Waals surface area contributed by atoms with Gasteiger partial charge in [0.2, 0.25) is 17.7 Å². The summed E-state index contributed by atoms with van der Waals surface area (Å²) in [5.41, 5.74) is 4.41. The Hall–Kier alpha value is -6.11. The number of carbonyl (C=O) groups is 5. The third kappa shape index (κ3) is 8.12. The number of carbonyl (C=O) groups excluding carboxylic acids is 5. The lowest BCUT2D eigenvalue weighted by molar-refractivity contribution is -0.146. The minimum absolute atomic E-state index is 0.137. The number of para-hydroxylation sites is 2. The molecular weight excluding hydrogens is 713 g/mol. The molecule has 0 bridgehead atoms. The number of amides is 4. The molecule has 4 atom stereocenters. The van der Waals surface area contributed by atoms with E-state index in [1.165, 1.54) is 16.9 Å². The van der Waals surface area contributed by atoms with Crippen LogP contribution in [0.15, 0.2) is 85.1 Å². The quantitative estimate of drug-likeness (QED) is 0.147. The van der Waals surface area contributed by atoms with E-state index in [4.69, 9.17) is 9.47 Å². The summed E-state index contributed by atoms with van der Waals surface area (Å²) >= 11 is 0. The van der Waals surface area contributed by atoms with E-state index in [0.29, 0.717) is 19.4 Å². The van der Waals surface area contributed by atoms with Gasteiger partial charge in [-0.2, -0.15) is 0 Å². The van der Waals surface area contributed by atoms with Crippen molar-refractivity contribution in [2.75, 3.05) is 13.7 Å². The maximum atomic E-state index is 14.6. The van der Waals surface area contributed by atoms with Crippen LogP contribution in [-0.2, 0) is 54.5 Å². The molecular formula is C43H48N6O7. The van der Waals surface area contributed by atoms with Crippen LogP contribution in [0.5, 0.6) is 0 Å². The topological polar surface area (TPSA) is 166 Å². The van der Waals surface area contributed by atoms with E-state index < -0.39 is 53.6 Å². The van der Waals surface area contributed by atoms with Gasteiger partial charge in [-0.15, -0.1) is 0 Å². The standard InChI is InChI=1S/C43H48N6O7/c1-43(2,3)56-42(54)49-25-35-30(29-16-9-11-18-32(29)45-35)23-37(49)40(52)48-20-12-19-36(48)39(51)46-33(21-26-13-6-5-7-14-26)38(50)47-34(41(53)55-4)22-27-24-44-31-17-10-8-15-28(27)31/h5-11,13-18,24,33-34,36-37,44-45H,12,19-23,25H2,1-4H3,(H,46,51)(H,47,50)/t33-,34-,36-,37-/m0/s1. The highest BCUT2D eigenvalue weighted by Crippen LogP contribution is 2.33. The monoisotopic (exact) mass is 760 g/mol. The second kappa shape index (κ2) is 15.9. The largest absolute Gasteiger partial charge is 0.467 e. The van der Waals surface area contributed by atoms with Gasteiger partial charge in [-0.3, -0.25) is 19.3 Å². The van der Waals surface area contributed by atoms with Crippen molar-refractivity contribution in [1.29, 1.82) is 0 Å². The molecule has 1 saturated heterocycles. The van der Waals surface area contributed by atoms with E-state index >= 15 is 0 Å². The van der Waals surface area contributed by atoms with Crippen molar-refractivity contribution in [2.24, 2.45) is 0 Å². The number of benzene rings is 3.